The second-order valence-corrected chi connectivity index (χ2v) is 5.46. The number of nitrogens with zero attached hydrogens (tertiary/aromatic N) is 1. The smallest absolute Gasteiger partial charge is 0.253 e. The van der Waals surface area contributed by atoms with Crippen LogP contribution in [0.4, 0.5) is 11.4 Å². The molecule has 2 N–H and O–H groups in total. The normalized spacial score (nSPS) is 10.6. The summed E-state index contributed by atoms with van der Waals surface area (Å²) in [5.74, 6) is 0. The molecular formula is C18H25N3O2. The van der Waals surface area contributed by atoms with Gasteiger partial charge < -0.3 is 19.9 Å². The summed E-state index contributed by atoms with van der Waals surface area (Å²) in [5, 5.41) is 6.58. The lowest BCUT2D eigenvalue weighted by Crippen LogP contribution is -2.18. The van der Waals surface area contributed by atoms with E-state index in [4.69, 9.17) is 4.74 Å². The van der Waals surface area contributed by atoms with Crippen LogP contribution in [0.3, 0.4) is 0 Å². The second kappa shape index (κ2) is 7.83. The molecule has 0 bridgehead atoms. The number of nitrogens with one attached hydrogen (secondary N) is 2. The van der Waals surface area contributed by atoms with Crippen molar-refractivity contribution in [2.45, 2.75) is 13.8 Å². The molecule has 0 radical (unpaired) electrons. The zero-order valence-electron chi connectivity index (χ0n) is 14.3. The van der Waals surface area contributed by atoms with Gasteiger partial charge in [0.1, 0.15) is 0 Å². The van der Waals surface area contributed by atoms with Crippen LogP contribution in [0.15, 0.2) is 35.3 Å². The molecule has 2 rings (SSSR count). The molecule has 1 heterocycles. The SMILES string of the molecule is CCOCCNc1cc(-c2cc(C)c(=O)n(C)c2)ccc1NC. The first-order valence-electron chi connectivity index (χ1n) is 7.88. The van der Waals surface area contributed by atoms with E-state index >= 15 is 0 Å². The largest absolute Gasteiger partial charge is 0.386 e. The lowest BCUT2D eigenvalue weighted by Gasteiger charge is -2.14. The Morgan fingerprint density at radius 3 is 2.61 bits per heavy atom. The number of hydrogen-bond acceptors (Lipinski definition) is 4. The van der Waals surface area contributed by atoms with E-state index in [0.29, 0.717) is 6.61 Å². The van der Waals surface area contributed by atoms with Crippen LogP contribution in [0, 0.1) is 6.92 Å². The minimum atomic E-state index is 0.0376. The Bertz CT molecular complexity index is 696. The molecule has 0 spiro atoms. The van der Waals surface area contributed by atoms with E-state index in [2.05, 4.69) is 22.8 Å². The Balaban J connectivity index is 2.31. The van der Waals surface area contributed by atoms with Crippen molar-refractivity contribution in [2.75, 3.05) is 37.4 Å². The molecular weight excluding hydrogens is 290 g/mol. The van der Waals surface area contributed by atoms with Gasteiger partial charge >= 0.3 is 0 Å². The summed E-state index contributed by atoms with van der Waals surface area (Å²) in [6, 6.07) is 8.12. The van der Waals surface area contributed by atoms with Crippen LogP contribution in [0.25, 0.3) is 11.1 Å². The minimum Gasteiger partial charge on any atom is -0.386 e. The number of anilines is 2. The van der Waals surface area contributed by atoms with Gasteiger partial charge in [-0.15, -0.1) is 0 Å². The highest BCUT2D eigenvalue weighted by molar-refractivity contribution is 5.77. The van der Waals surface area contributed by atoms with Crippen molar-refractivity contribution in [2.24, 2.45) is 7.05 Å². The zero-order valence-corrected chi connectivity index (χ0v) is 14.3. The molecule has 0 atom stereocenters. The van der Waals surface area contributed by atoms with E-state index in [-0.39, 0.29) is 5.56 Å². The summed E-state index contributed by atoms with van der Waals surface area (Å²) in [6.07, 6.45) is 1.87. The average molecular weight is 315 g/mol. The van der Waals surface area contributed by atoms with Gasteiger partial charge in [0.2, 0.25) is 0 Å². The number of rotatable bonds is 7. The van der Waals surface area contributed by atoms with Crippen LogP contribution < -0.4 is 16.2 Å². The monoisotopic (exact) mass is 315 g/mol. The Kier molecular flexibility index (Phi) is 5.82. The molecule has 0 saturated carbocycles. The minimum absolute atomic E-state index is 0.0376. The summed E-state index contributed by atoms with van der Waals surface area (Å²) in [7, 11) is 3.68. The van der Waals surface area contributed by atoms with E-state index in [9.17, 15) is 4.79 Å². The van der Waals surface area contributed by atoms with E-state index in [1.807, 2.05) is 39.2 Å². The van der Waals surface area contributed by atoms with E-state index < -0.39 is 0 Å². The van der Waals surface area contributed by atoms with Crippen molar-refractivity contribution in [1.29, 1.82) is 0 Å². The van der Waals surface area contributed by atoms with Gasteiger partial charge in [-0.1, -0.05) is 6.07 Å². The molecule has 2 aromatic rings. The molecule has 5 heteroatoms. The van der Waals surface area contributed by atoms with Crippen molar-refractivity contribution in [3.05, 3.63) is 46.4 Å². The lowest BCUT2D eigenvalue weighted by atomic mass is 10.0. The fraction of sp³-hybridized carbons (Fsp3) is 0.389. The molecule has 0 fully saturated rings. The van der Waals surface area contributed by atoms with E-state index in [1.54, 1.807) is 11.6 Å². The molecule has 1 aromatic carbocycles. The molecule has 0 amide bonds. The number of pyridine rings is 1. The molecule has 1 aromatic heterocycles. The third kappa shape index (κ3) is 4.13. The van der Waals surface area contributed by atoms with Crippen LogP contribution in [-0.4, -0.2) is 31.4 Å². The van der Waals surface area contributed by atoms with Gasteiger partial charge in [0.05, 0.1) is 18.0 Å². The van der Waals surface area contributed by atoms with Crippen molar-refractivity contribution in [3.8, 4) is 11.1 Å². The second-order valence-electron chi connectivity index (χ2n) is 5.46. The highest BCUT2D eigenvalue weighted by atomic mass is 16.5. The standard InChI is InChI=1S/C18H25N3O2/c1-5-23-9-8-20-17-11-14(6-7-16(17)19-3)15-10-13(2)18(22)21(4)12-15/h6-7,10-12,19-20H,5,8-9H2,1-4H3. The Hall–Kier alpha value is -2.27. The topological polar surface area (TPSA) is 55.3 Å². The summed E-state index contributed by atoms with van der Waals surface area (Å²) < 4.78 is 6.99. The first-order chi connectivity index (χ1) is 11.1. The molecule has 0 aliphatic heterocycles. The van der Waals surface area contributed by atoms with Crippen LogP contribution in [0.1, 0.15) is 12.5 Å². The fourth-order valence-corrected chi connectivity index (χ4v) is 2.53. The van der Waals surface area contributed by atoms with Crippen LogP contribution in [0.2, 0.25) is 0 Å². The third-order valence-electron chi connectivity index (χ3n) is 3.75. The van der Waals surface area contributed by atoms with Gasteiger partial charge in [0.15, 0.2) is 0 Å². The van der Waals surface area contributed by atoms with Crippen molar-refractivity contribution in [3.63, 3.8) is 0 Å². The average Bonchev–Trinajstić information content (AvgIpc) is 2.56. The van der Waals surface area contributed by atoms with Gasteiger partial charge in [-0.2, -0.15) is 0 Å². The van der Waals surface area contributed by atoms with Crippen molar-refractivity contribution >= 4 is 11.4 Å². The first-order valence-corrected chi connectivity index (χ1v) is 7.88. The molecule has 23 heavy (non-hydrogen) atoms. The van der Waals surface area contributed by atoms with Gasteiger partial charge in [-0.05, 0) is 43.2 Å². The van der Waals surface area contributed by atoms with Crippen LogP contribution >= 0.6 is 0 Å². The molecule has 0 unspecified atom stereocenters. The number of ether oxygens (including phenoxy) is 1. The molecule has 0 aliphatic carbocycles. The fourth-order valence-electron chi connectivity index (χ4n) is 2.53. The van der Waals surface area contributed by atoms with Crippen LogP contribution in [0.5, 0.6) is 0 Å². The highest BCUT2D eigenvalue weighted by Gasteiger charge is 2.07. The Morgan fingerprint density at radius 2 is 1.96 bits per heavy atom. The summed E-state index contributed by atoms with van der Waals surface area (Å²) in [5.41, 5.74) is 4.94. The zero-order chi connectivity index (χ0) is 16.8. The predicted molar refractivity (Wildman–Crippen MR) is 96.4 cm³/mol. The van der Waals surface area contributed by atoms with E-state index in [1.165, 1.54) is 0 Å². The Morgan fingerprint density at radius 1 is 1.17 bits per heavy atom. The van der Waals surface area contributed by atoms with Gasteiger partial charge in [0.25, 0.3) is 5.56 Å². The highest BCUT2D eigenvalue weighted by Crippen LogP contribution is 2.28. The van der Waals surface area contributed by atoms with Crippen molar-refractivity contribution in [1.82, 2.24) is 4.57 Å². The lowest BCUT2D eigenvalue weighted by molar-refractivity contribution is 0.158. The third-order valence-corrected chi connectivity index (χ3v) is 3.75. The predicted octanol–water partition coefficient (Wildman–Crippen LogP) is 2.85. The quantitative estimate of drug-likeness (QED) is 0.772. The van der Waals surface area contributed by atoms with E-state index in [0.717, 1.165) is 41.2 Å². The summed E-state index contributed by atoms with van der Waals surface area (Å²) in [4.78, 5) is 11.8. The van der Waals surface area contributed by atoms with Crippen LogP contribution in [-0.2, 0) is 11.8 Å². The number of aryl methyl sites for hydroxylation is 2. The summed E-state index contributed by atoms with van der Waals surface area (Å²) in [6.45, 7) is 5.97. The molecule has 5 nitrogen and oxygen atoms in total. The maximum Gasteiger partial charge on any atom is 0.253 e. The summed E-state index contributed by atoms with van der Waals surface area (Å²) >= 11 is 0. The van der Waals surface area contributed by atoms with Gasteiger partial charge in [-0.25, -0.2) is 0 Å². The van der Waals surface area contributed by atoms with Gasteiger partial charge in [-0.3, -0.25) is 4.79 Å². The molecule has 0 saturated heterocycles. The number of benzene rings is 1. The number of aromatic nitrogens is 1. The molecule has 124 valence electrons. The maximum atomic E-state index is 11.8. The number of hydrogen-bond donors (Lipinski definition) is 2. The van der Waals surface area contributed by atoms with Gasteiger partial charge in [0, 0.05) is 39.0 Å². The molecule has 0 aliphatic rings. The first kappa shape index (κ1) is 17.1. The Labute approximate surface area is 137 Å². The van der Waals surface area contributed by atoms with Crippen molar-refractivity contribution < 1.29 is 4.74 Å². The maximum absolute atomic E-state index is 11.8.